The van der Waals surface area contributed by atoms with Gasteiger partial charge in [0.15, 0.2) is 0 Å². The lowest BCUT2D eigenvalue weighted by atomic mass is 9.53. The molecule has 1 N–H and O–H groups in total. The predicted molar refractivity (Wildman–Crippen MR) is 157 cm³/mol. The van der Waals surface area contributed by atoms with Crippen molar-refractivity contribution < 1.29 is 28.0 Å². The highest BCUT2D eigenvalue weighted by Gasteiger charge is 2.51. The maximum Gasteiger partial charge on any atom is 0.348 e. The fourth-order valence-electron chi connectivity index (χ4n) is 5.78. The van der Waals surface area contributed by atoms with E-state index >= 15 is 8.78 Å². The van der Waals surface area contributed by atoms with E-state index in [1.165, 1.54) is 25.0 Å². The van der Waals surface area contributed by atoms with Crippen LogP contribution >= 0.6 is 11.6 Å². The van der Waals surface area contributed by atoms with E-state index < -0.39 is 34.7 Å². The van der Waals surface area contributed by atoms with Crippen molar-refractivity contribution in [1.29, 1.82) is 0 Å². The molecule has 0 radical (unpaired) electrons. The largest absolute Gasteiger partial charge is 0.384 e. The average Bonchev–Trinajstić information content (AvgIpc) is 3.05. The van der Waals surface area contributed by atoms with Crippen LogP contribution in [0.1, 0.15) is 39.9 Å². The van der Waals surface area contributed by atoms with Crippen molar-refractivity contribution in [3.05, 3.63) is 51.5 Å². The number of hydrogen-bond acceptors (Lipinski definition) is 4. The lowest BCUT2D eigenvalue weighted by molar-refractivity contribution is -0.154. The molecule has 1 fully saturated rings. The Labute approximate surface area is 229 Å². The molecule has 190 valence electrons. The number of carbonyl (C=O) groups is 4. The standard InChI is InChI=1S/C22H24B6ClF2N3O4/c23-15-10(7-33(28)20(38)21(30,31)8-1-3-9(29)4-2-8)16(24)17(25)13-14(15)22(26,27)34(19(13)37)11-5-6-12(35)32-18(11)36/h1-4,11H,5-7,23-28H2,(H,32,35,36). The van der Waals surface area contributed by atoms with Crippen LogP contribution in [0.5, 0.6) is 0 Å². The minimum atomic E-state index is -3.76. The van der Waals surface area contributed by atoms with E-state index in [1.807, 2.05) is 15.7 Å². The first-order chi connectivity index (χ1) is 17.6. The average molecular weight is 533 g/mol. The van der Waals surface area contributed by atoms with Gasteiger partial charge in [-0.15, -0.1) is 0 Å². The Balaban J connectivity index is 1.71. The van der Waals surface area contributed by atoms with Gasteiger partial charge in [-0.25, -0.2) is 0 Å². The third-order valence-corrected chi connectivity index (χ3v) is 8.11. The highest BCUT2D eigenvalue weighted by atomic mass is 35.5. The summed E-state index contributed by atoms with van der Waals surface area (Å²) in [6, 6.07) is 4.06. The highest BCUT2D eigenvalue weighted by Crippen LogP contribution is 2.36. The number of rotatable bonds is 5. The molecule has 2 aromatic carbocycles. The quantitative estimate of drug-likeness (QED) is 0.308. The van der Waals surface area contributed by atoms with Gasteiger partial charge in [0, 0.05) is 34.5 Å². The van der Waals surface area contributed by atoms with Crippen LogP contribution in [0.2, 0.25) is 5.02 Å². The van der Waals surface area contributed by atoms with Crippen LogP contribution in [-0.2, 0) is 32.2 Å². The summed E-state index contributed by atoms with van der Waals surface area (Å²) in [6.07, 6.45) is 0.346. The lowest BCUT2D eigenvalue weighted by Gasteiger charge is -2.40. The van der Waals surface area contributed by atoms with Gasteiger partial charge in [0.2, 0.25) is 19.8 Å². The van der Waals surface area contributed by atoms with Crippen LogP contribution in [0.25, 0.3) is 0 Å². The molecule has 0 saturated carbocycles. The molecule has 0 bridgehead atoms. The summed E-state index contributed by atoms with van der Waals surface area (Å²) in [4.78, 5) is 53.5. The number of piperidine rings is 1. The summed E-state index contributed by atoms with van der Waals surface area (Å²) in [7, 11) is 10.4. The number of amides is 4. The topological polar surface area (TPSA) is 86.8 Å². The van der Waals surface area contributed by atoms with Crippen LogP contribution < -0.4 is 21.7 Å². The minimum Gasteiger partial charge on any atom is -0.384 e. The van der Waals surface area contributed by atoms with Gasteiger partial charge >= 0.3 is 5.92 Å². The van der Waals surface area contributed by atoms with Gasteiger partial charge in [-0.1, -0.05) is 40.1 Å². The predicted octanol–water partition coefficient (Wildman–Crippen LogP) is -5.58. The second-order valence-electron chi connectivity index (χ2n) is 10.5. The number of benzene rings is 2. The van der Waals surface area contributed by atoms with Gasteiger partial charge in [0.25, 0.3) is 11.8 Å². The van der Waals surface area contributed by atoms with E-state index in [2.05, 4.69) is 5.32 Å². The molecular weight excluding hydrogens is 509 g/mol. The Bertz CT molecular complexity index is 1390. The number of nitrogens with zero attached hydrogens (tertiary/aromatic N) is 2. The summed E-state index contributed by atoms with van der Waals surface area (Å²) in [5.74, 6) is -6.32. The van der Waals surface area contributed by atoms with Crippen molar-refractivity contribution in [1.82, 2.24) is 15.0 Å². The monoisotopic (exact) mass is 533 g/mol. The van der Waals surface area contributed by atoms with Crippen molar-refractivity contribution in [3.63, 3.8) is 0 Å². The van der Waals surface area contributed by atoms with E-state index in [-0.39, 0.29) is 36.2 Å². The molecule has 0 spiro atoms. The first-order valence-electron chi connectivity index (χ1n) is 12.3. The highest BCUT2D eigenvalue weighted by molar-refractivity contribution is 6.56. The molecule has 2 heterocycles. The molecule has 0 aliphatic carbocycles. The Morgan fingerprint density at radius 1 is 1.11 bits per heavy atom. The Kier molecular flexibility index (Phi) is 7.14. The zero-order valence-corrected chi connectivity index (χ0v) is 22.9. The molecule has 2 aliphatic heterocycles. The molecule has 1 atom stereocenters. The van der Waals surface area contributed by atoms with E-state index in [9.17, 15) is 19.2 Å². The van der Waals surface area contributed by atoms with E-state index in [4.69, 9.17) is 11.6 Å². The van der Waals surface area contributed by atoms with Crippen molar-refractivity contribution in [3.8, 4) is 0 Å². The number of carbonyl (C=O) groups excluding carboxylic acids is 4. The molecule has 4 rings (SSSR count). The molecule has 7 nitrogen and oxygen atoms in total. The normalized spacial score (nSPS) is 18.8. The number of fused-ring (bicyclic) bond motifs is 1. The molecule has 38 heavy (non-hydrogen) atoms. The summed E-state index contributed by atoms with van der Waals surface area (Å²) in [6.45, 7) is -0.101. The van der Waals surface area contributed by atoms with Gasteiger partial charge in [0.1, 0.15) is 45.3 Å². The number of alkyl halides is 2. The summed E-state index contributed by atoms with van der Waals surface area (Å²) in [5.41, 5.74) is 3.45. The van der Waals surface area contributed by atoms with Gasteiger partial charge in [0.05, 0.1) is 0 Å². The van der Waals surface area contributed by atoms with Crippen LogP contribution in [0.3, 0.4) is 0 Å². The Hall–Kier alpha value is -2.94. The second kappa shape index (κ2) is 9.67. The zero-order valence-electron chi connectivity index (χ0n) is 22.2. The molecule has 2 aliphatic rings. The van der Waals surface area contributed by atoms with Crippen molar-refractivity contribution in [2.24, 2.45) is 0 Å². The van der Waals surface area contributed by atoms with E-state index in [0.29, 0.717) is 33.1 Å². The van der Waals surface area contributed by atoms with Crippen molar-refractivity contribution in [2.75, 3.05) is 0 Å². The van der Waals surface area contributed by atoms with E-state index in [0.717, 1.165) is 16.9 Å². The number of nitrogens with one attached hydrogen (secondary N) is 1. The van der Waals surface area contributed by atoms with Crippen LogP contribution in [-0.4, -0.2) is 86.6 Å². The number of hydrogen-bond donors (Lipinski definition) is 1. The lowest BCUT2D eigenvalue weighted by Crippen LogP contribution is -2.59. The molecular formula is C22H24B6ClF2N3O4. The first-order valence-corrected chi connectivity index (χ1v) is 12.7. The van der Waals surface area contributed by atoms with Crippen LogP contribution in [0, 0.1) is 0 Å². The Morgan fingerprint density at radius 2 is 1.71 bits per heavy atom. The molecule has 1 unspecified atom stereocenters. The minimum absolute atomic E-state index is 0.101. The van der Waals surface area contributed by atoms with Gasteiger partial charge in [-0.05, 0) is 29.7 Å². The number of halogens is 3. The molecule has 4 amide bonds. The van der Waals surface area contributed by atoms with Gasteiger partial charge < -0.3 is 9.71 Å². The summed E-state index contributed by atoms with van der Waals surface area (Å²) < 4.78 is 30.2. The first kappa shape index (κ1) is 28.1. The maximum atomic E-state index is 15.1. The third-order valence-electron chi connectivity index (χ3n) is 7.85. The SMILES string of the molecule is Bc1c(B)c2c(c(B)c1CN(B)C(=O)C(F)(F)c1ccc(Cl)cc1)C(B)(B)N(C1CCC(=O)NC1=O)C2=O. The van der Waals surface area contributed by atoms with Crippen LogP contribution in [0.15, 0.2) is 24.3 Å². The zero-order chi connectivity index (χ0) is 28.3. The summed E-state index contributed by atoms with van der Waals surface area (Å²) in [5, 5.41) is 1.69. The molecule has 16 heteroatoms. The third kappa shape index (κ3) is 4.38. The van der Waals surface area contributed by atoms with Gasteiger partial charge in [-0.2, -0.15) is 8.78 Å². The molecule has 0 aromatic heterocycles. The second-order valence-corrected chi connectivity index (χ2v) is 11.0. The fraction of sp³-hybridized carbons (Fsp3) is 0.273. The number of imide groups is 1. The van der Waals surface area contributed by atoms with Crippen molar-refractivity contribution in [2.45, 2.75) is 36.7 Å². The smallest absolute Gasteiger partial charge is 0.348 e. The molecule has 1 saturated heterocycles. The van der Waals surface area contributed by atoms with E-state index in [1.54, 1.807) is 23.5 Å². The Morgan fingerprint density at radius 3 is 2.29 bits per heavy atom. The summed E-state index contributed by atoms with van der Waals surface area (Å²) >= 11 is 5.81. The van der Waals surface area contributed by atoms with Crippen molar-refractivity contribution >= 4 is 98.8 Å². The van der Waals surface area contributed by atoms with Crippen LogP contribution in [0.4, 0.5) is 8.78 Å². The van der Waals surface area contributed by atoms with Gasteiger partial charge in [-0.3, -0.25) is 24.5 Å². The molecule has 2 aromatic rings. The maximum absolute atomic E-state index is 15.1. The fourth-order valence-corrected chi connectivity index (χ4v) is 5.90.